The van der Waals surface area contributed by atoms with Crippen molar-refractivity contribution < 1.29 is 13.2 Å². The Bertz CT molecular complexity index is 755. The molecule has 1 N–H and O–H groups in total. The van der Waals surface area contributed by atoms with Gasteiger partial charge in [-0.1, -0.05) is 12.1 Å². The third-order valence-corrected chi connectivity index (χ3v) is 4.95. The molecule has 2 aromatic rings. The van der Waals surface area contributed by atoms with Crippen molar-refractivity contribution in [1.29, 1.82) is 0 Å². The van der Waals surface area contributed by atoms with Gasteiger partial charge in [-0.15, -0.1) is 0 Å². The molecule has 0 aliphatic carbocycles. The average Bonchev–Trinajstić information content (AvgIpc) is 2.46. The highest BCUT2D eigenvalue weighted by atomic mass is 32.2. The van der Waals surface area contributed by atoms with Crippen LogP contribution in [-0.4, -0.2) is 20.5 Å². The summed E-state index contributed by atoms with van der Waals surface area (Å²) in [5.41, 5.74) is 2.63. The quantitative estimate of drug-likeness (QED) is 0.920. The van der Waals surface area contributed by atoms with E-state index in [2.05, 4.69) is 9.71 Å². The SMILES string of the molecule is COc1cc(C)ccc1S(=O)(=O)NC(C)c1ccc(C)nc1. The Morgan fingerprint density at radius 3 is 2.50 bits per heavy atom. The maximum Gasteiger partial charge on any atom is 0.244 e. The van der Waals surface area contributed by atoms with Gasteiger partial charge in [-0.3, -0.25) is 4.98 Å². The molecule has 0 saturated carbocycles. The van der Waals surface area contributed by atoms with Crippen LogP contribution < -0.4 is 9.46 Å². The van der Waals surface area contributed by atoms with Gasteiger partial charge in [0.2, 0.25) is 10.0 Å². The molecule has 0 spiro atoms. The van der Waals surface area contributed by atoms with E-state index in [-0.39, 0.29) is 10.9 Å². The van der Waals surface area contributed by atoms with Crippen LogP contribution in [0.2, 0.25) is 0 Å². The van der Waals surface area contributed by atoms with Crippen molar-refractivity contribution in [3.05, 3.63) is 53.3 Å². The zero-order valence-electron chi connectivity index (χ0n) is 13.1. The van der Waals surface area contributed by atoms with Crippen LogP contribution in [-0.2, 0) is 10.0 Å². The molecule has 0 amide bonds. The van der Waals surface area contributed by atoms with Crippen LogP contribution >= 0.6 is 0 Å². The predicted octanol–water partition coefficient (Wildman–Crippen LogP) is 2.75. The zero-order chi connectivity index (χ0) is 16.3. The molecule has 118 valence electrons. The summed E-state index contributed by atoms with van der Waals surface area (Å²) in [5, 5.41) is 0. The Morgan fingerprint density at radius 1 is 1.18 bits per heavy atom. The Labute approximate surface area is 131 Å². The van der Waals surface area contributed by atoms with E-state index in [9.17, 15) is 8.42 Å². The first-order valence-corrected chi connectivity index (χ1v) is 8.41. The fraction of sp³-hybridized carbons (Fsp3) is 0.312. The van der Waals surface area contributed by atoms with Gasteiger partial charge in [0.1, 0.15) is 10.6 Å². The van der Waals surface area contributed by atoms with Crippen molar-refractivity contribution in [2.75, 3.05) is 7.11 Å². The maximum absolute atomic E-state index is 12.6. The number of hydrogen-bond donors (Lipinski definition) is 1. The second-order valence-electron chi connectivity index (χ2n) is 5.23. The molecule has 2 rings (SSSR count). The van der Waals surface area contributed by atoms with Gasteiger partial charge in [-0.2, -0.15) is 0 Å². The van der Waals surface area contributed by atoms with Crippen LogP contribution in [0.4, 0.5) is 0 Å². The number of hydrogen-bond acceptors (Lipinski definition) is 4. The van der Waals surface area contributed by atoms with Crippen LogP contribution in [0.3, 0.4) is 0 Å². The number of pyridine rings is 1. The highest BCUT2D eigenvalue weighted by Crippen LogP contribution is 2.26. The van der Waals surface area contributed by atoms with Gasteiger partial charge < -0.3 is 4.74 Å². The molecule has 6 heteroatoms. The standard InChI is InChI=1S/C16H20N2O3S/c1-11-5-8-16(15(9-11)21-4)22(19,20)18-13(3)14-7-6-12(2)17-10-14/h5-10,13,18H,1-4H3. The molecule has 0 fully saturated rings. The molecule has 0 aliphatic rings. The lowest BCUT2D eigenvalue weighted by Crippen LogP contribution is -2.27. The van der Waals surface area contributed by atoms with E-state index in [0.717, 1.165) is 16.8 Å². The number of methoxy groups -OCH3 is 1. The molecule has 1 aromatic heterocycles. The van der Waals surface area contributed by atoms with Crippen molar-refractivity contribution in [3.8, 4) is 5.75 Å². The van der Waals surface area contributed by atoms with Crippen LogP contribution in [0.1, 0.15) is 29.8 Å². The van der Waals surface area contributed by atoms with Gasteiger partial charge in [0.05, 0.1) is 7.11 Å². The molecule has 1 atom stereocenters. The Morgan fingerprint density at radius 2 is 1.91 bits per heavy atom. The maximum atomic E-state index is 12.6. The average molecular weight is 320 g/mol. The predicted molar refractivity (Wildman–Crippen MR) is 85.4 cm³/mol. The molecule has 1 unspecified atom stereocenters. The molecule has 5 nitrogen and oxygen atoms in total. The zero-order valence-corrected chi connectivity index (χ0v) is 13.9. The molecular weight excluding hydrogens is 300 g/mol. The molecule has 1 aromatic carbocycles. The van der Waals surface area contributed by atoms with E-state index in [1.54, 1.807) is 31.3 Å². The molecule has 0 bridgehead atoms. The smallest absolute Gasteiger partial charge is 0.244 e. The number of aromatic nitrogens is 1. The van der Waals surface area contributed by atoms with Crippen molar-refractivity contribution >= 4 is 10.0 Å². The highest BCUT2D eigenvalue weighted by Gasteiger charge is 2.22. The Kier molecular flexibility index (Phi) is 4.83. The van der Waals surface area contributed by atoms with Gasteiger partial charge in [-0.05, 0) is 50.1 Å². The van der Waals surface area contributed by atoms with Crippen molar-refractivity contribution in [3.63, 3.8) is 0 Å². The van der Waals surface area contributed by atoms with Crippen molar-refractivity contribution in [2.45, 2.75) is 31.7 Å². The van der Waals surface area contributed by atoms with Crippen molar-refractivity contribution in [1.82, 2.24) is 9.71 Å². The summed E-state index contributed by atoms with van der Waals surface area (Å²) >= 11 is 0. The van der Waals surface area contributed by atoms with E-state index >= 15 is 0 Å². The Balaban J connectivity index is 2.29. The number of rotatable bonds is 5. The van der Waals surface area contributed by atoms with E-state index < -0.39 is 10.0 Å². The summed E-state index contributed by atoms with van der Waals surface area (Å²) in [6.45, 7) is 5.55. The molecule has 0 saturated heterocycles. The highest BCUT2D eigenvalue weighted by molar-refractivity contribution is 7.89. The third kappa shape index (κ3) is 3.64. The number of nitrogens with one attached hydrogen (secondary N) is 1. The van der Waals surface area contributed by atoms with Crippen LogP contribution in [0.25, 0.3) is 0 Å². The second kappa shape index (κ2) is 6.46. The Hall–Kier alpha value is -1.92. The number of nitrogens with zero attached hydrogens (tertiary/aromatic N) is 1. The summed E-state index contributed by atoms with van der Waals surface area (Å²) in [6.07, 6.45) is 1.68. The van der Waals surface area contributed by atoms with Gasteiger partial charge in [-0.25, -0.2) is 13.1 Å². The molecule has 0 radical (unpaired) electrons. The van der Waals surface area contributed by atoms with Gasteiger partial charge in [0.15, 0.2) is 0 Å². The summed E-state index contributed by atoms with van der Waals surface area (Å²) in [5.74, 6) is 0.335. The second-order valence-corrected chi connectivity index (χ2v) is 6.91. The topological polar surface area (TPSA) is 68.3 Å². The lowest BCUT2D eigenvalue weighted by molar-refractivity contribution is 0.401. The normalized spacial score (nSPS) is 12.9. The van der Waals surface area contributed by atoms with Crippen LogP contribution in [0.5, 0.6) is 5.75 Å². The lowest BCUT2D eigenvalue weighted by Gasteiger charge is -2.16. The first-order chi connectivity index (χ1) is 10.3. The number of ether oxygens (including phenoxy) is 1. The first kappa shape index (κ1) is 16.5. The fourth-order valence-corrected chi connectivity index (χ4v) is 3.48. The third-order valence-electron chi connectivity index (χ3n) is 3.37. The monoisotopic (exact) mass is 320 g/mol. The number of benzene rings is 1. The summed E-state index contributed by atoms with van der Waals surface area (Å²) in [7, 11) is -2.22. The minimum atomic E-state index is -3.68. The van der Waals surface area contributed by atoms with E-state index in [1.807, 2.05) is 26.0 Å². The lowest BCUT2D eigenvalue weighted by atomic mass is 10.1. The summed E-state index contributed by atoms with van der Waals surface area (Å²) < 4.78 is 33.0. The molecular formula is C16H20N2O3S. The summed E-state index contributed by atoms with van der Waals surface area (Å²) in [4.78, 5) is 4.32. The van der Waals surface area contributed by atoms with Crippen molar-refractivity contribution in [2.24, 2.45) is 0 Å². The van der Waals surface area contributed by atoms with Crippen LogP contribution in [0, 0.1) is 13.8 Å². The van der Waals surface area contributed by atoms with E-state index in [0.29, 0.717) is 5.75 Å². The minimum absolute atomic E-state index is 0.132. The van der Waals surface area contributed by atoms with Gasteiger partial charge >= 0.3 is 0 Å². The fourth-order valence-electron chi connectivity index (χ4n) is 2.10. The van der Waals surface area contributed by atoms with E-state index in [4.69, 9.17) is 4.74 Å². The van der Waals surface area contributed by atoms with E-state index in [1.165, 1.54) is 7.11 Å². The van der Waals surface area contributed by atoms with Crippen LogP contribution in [0.15, 0.2) is 41.4 Å². The molecule has 0 aliphatic heterocycles. The largest absolute Gasteiger partial charge is 0.495 e. The minimum Gasteiger partial charge on any atom is -0.495 e. The number of sulfonamides is 1. The number of aryl methyl sites for hydroxylation is 2. The van der Waals surface area contributed by atoms with Gasteiger partial charge in [0, 0.05) is 17.9 Å². The molecule has 22 heavy (non-hydrogen) atoms. The summed E-state index contributed by atoms with van der Waals surface area (Å²) in [6, 6.07) is 8.33. The first-order valence-electron chi connectivity index (χ1n) is 6.93. The molecule has 1 heterocycles. The van der Waals surface area contributed by atoms with Gasteiger partial charge in [0.25, 0.3) is 0 Å².